The van der Waals surface area contributed by atoms with E-state index in [2.05, 4.69) is 22.3 Å². The zero-order chi connectivity index (χ0) is 23.2. The maximum absolute atomic E-state index is 12.7. The number of ether oxygens (including phenoxy) is 2. The molecule has 3 aromatic carbocycles. The number of nitrogens with zero attached hydrogens (tertiary/aromatic N) is 3. The Morgan fingerprint density at radius 1 is 0.848 bits per heavy atom. The molecule has 4 rings (SSSR count). The van der Waals surface area contributed by atoms with Crippen molar-refractivity contribution in [2.24, 2.45) is 0 Å². The molecule has 0 atom stereocenters. The van der Waals surface area contributed by atoms with E-state index in [0.717, 1.165) is 16.7 Å². The van der Waals surface area contributed by atoms with Gasteiger partial charge in [0.2, 0.25) is 17.7 Å². The highest BCUT2D eigenvalue weighted by Crippen LogP contribution is 2.31. The standard InChI is InChI=1S/C26H25N3O4/c1-29(25(30)15-18-9-11-20(12-10-18)19-7-5-4-6-8-19)17-24-27-28-26(33-24)21-13-14-22(31-2)23(16-21)32-3/h4-14,16H,15,17H2,1-3H3. The molecule has 0 fully saturated rings. The van der Waals surface area contributed by atoms with E-state index in [9.17, 15) is 4.79 Å². The molecule has 0 unspecified atom stereocenters. The molecule has 1 aromatic heterocycles. The molecule has 0 aliphatic heterocycles. The van der Waals surface area contributed by atoms with E-state index in [0.29, 0.717) is 35.3 Å². The molecule has 7 heteroatoms. The van der Waals surface area contributed by atoms with Gasteiger partial charge in [-0.05, 0) is 34.9 Å². The summed E-state index contributed by atoms with van der Waals surface area (Å²) in [6, 6.07) is 23.5. The number of hydrogen-bond acceptors (Lipinski definition) is 6. The summed E-state index contributed by atoms with van der Waals surface area (Å²) in [5.74, 6) is 1.86. The van der Waals surface area contributed by atoms with Crippen LogP contribution in [0.25, 0.3) is 22.6 Å². The Balaban J connectivity index is 1.38. The van der Waals surface area contributed by atoms with E-state index in [1.807, 2.05) is 48.5 Å². The van der Waals surface area contributed by atoms with Gasteiger partial charge in [-0.25, -0.2) is 0 Å². The van der Waals surface area contributed by atoms with E-state index in [4.69, 9.17) is 13.9 Å². The number of likely N-dealkylation sites (N-methyl/N-ethyl adjacent to an activating group) is 1. The van der Waals surface area contributed by atoms with Crippen molar-refractivity contribution in [3.05, 3.63) is 84.3 Å². The second kappa shape index (κ2) is 9.99. The van der Waals surface area contributed by atoms with Crippen LogP contribution in [-0.2, 0) is 17.8 Å². The number of benzene rings is 3. The summed E-state index contributed by atoms with van der Waals surface area (Å²) in [5.41, 5.74) is 3.92. The van der Waals surface area contributed by atoms with Crippen LogP contribution in [0, 0.1) is 0 Å². The van der Waals surface area contributed by atoms with Crippen molar-refractivity contribution in [2.75, 3.05) is 21.3 Å². The van der Waals surface area contributed by atoms with Crippen LogP contribution in [0.1, 0.15) is 11.5 Å². The minimum atomic E-state index is -0.0340. The third-order valence-corrected chi connectivity index (χ3v) is 5.31. The van der Waals surface area contributed by atoms with Gasteiger partial charge in [-0.15, -0.1) is 10.2 Å². The van der Waals surface area contributed by atoms with Gasteiger partial charge in [0.25, 0.3) is 0 Å². The highest BCUT2D eigenvalue weighted by Gasteiger charge is 2.16. The molecule has 168 valence electrons. The molecular weight excluding hydrogens is 418 g/mol. The van der Waals surface area contributed by atoms with E-state index in [1.54, 1.807) is 38.3 Å². The molecule has 4 aromatic rings. The first-order valence-electron chi connectivity index (χ1n) is 10.5. The topological polar surface area (TPSA) is 77.7 Å². The molecule has 0 radical (unpaired) electrons. The predicted molar refractivity (Wildman–Crippen MR) is 125 cm³/mol. The van der Waals surface area contributed by atoms with Gasteiger partial charge in [-0.2, -0.15) is 0 Å². The summed E-state index contributed by atoms with van der Waals surface area (Å²) in [7, 11) is 4.87. The fourth-order valence-electron chi connectivity index (χ4n) is 3.45. The molecular formula is C26H25N3O4. The lowest BCUT2D eigenvalue weighted by Gasteiger charge is -2.15. The van der Waals surface area contributed by atoms with Gasteiger partial charge in [-0.1, -0.05) is 54.6 Å². The molecule has 7 nitrogen and oxygen atoms in total. The Labute approximate surface area is 192 Å². The number of aromatic nitrogens is 2. The highest BCUT2D eigenvalue weighted by molar-refractivity contribution is 5.78. The number of hydrogen-bond donors (Lipinski definition) is 0. The van der Waals surface area contributed by atoms with Crippen molar-refractivity contribution in [1.29, 1.82) is 0 Å². The van der Waals surface area contributed by atoms with Crippen LogP contribution in [0.15, 0.2) is 77.2 Å². The minimum absolute atomic E-state index is 0.0340. The number of rotatable bonds is 8. The maximum atomic E-state index is 12.7. The van der Waals surface area contributed by atoms with Crippen LogP contribution in [0.4, 0.5) is 0 Å². The first-order valence-corrected chi connectivity index (χ1v) is 10.5. The van der Waals surface area contributed by atoms with E-state index < -0.39 is 0 Å². The quantitative estimate of drug-likeness (QED) is 0.395. The molecule has 0 saturated heterocycles. The smallest absolute Gasteiger partial charge is 0.247 e. The molecule has 1 amide bonds. The van der Waals surface area contributed by atoms with E-state index in [-0.39, 0.29) is 12.5 Å². The lowest BCUT2D eigenvalue weighted by Crippen LogP contribution is -2.27. The second-order valence-electron chi connectivity index (χ2n) is 7.56. The van der Waals surface area contributed by atoms with Crippen molar-refractivity contribution < 1.29 is 18.7 Å². The lowest BCUT2D eigenvalue weighted by atomic mass is 10.0. The Bertz CT molecular complexity index is 1220. The van der Waals surface area contributed by atoms with Crippen LogP contribution in [0.5, 0.6) is 11.5 Å². The van der Waals surface area contributed by atoms with Crippen molar-refractivity contribution in [3.8, 4) is 34.1 Å². The van der Waals surface area contributed by atoms with Gasteiger partial charge in [-0.3, -0.25) is 4.79 Å². The van der Waals surface area contributed by atoms with Crippen LogP contribution in [0.3, 0.4) is 0 Å². The number of carbonyl (C=O) groups excluding carboxylic acids is 1. The summed E-state index contributed by atoms with van der Waals surface area (Å²) in [6.07, 6.45) is 0.294. The summed E-state index contributed by atoms with van der Waals surface area (Å²) in [4.78, 5) is 14.3. The number of carbonyl (C=O) groups is 1. The van der Waals surface area contributed by atoms with Gasteiger partial charge in [0.1, 0.15) is 0 Å². The fourth-order valence-corrected chi connectivity index (χ4v) is 3.45. The van der Waals surface area contributed by atoms with Crippen molar-refractivity contribution in [3.63, 3.8) is 0 Å². The second-order valence-corrected chi connectivity index (χ2v) is 7.56. The zero-order valence-electron chi connectivity index (χ0n) is 18.8. The zero-order valence-corrected chi connectivity index (χ0v) is 18.8. The monoisotopic (exact) mass is 443 g/mol. The van der Waals surface area contributed by atoms with Gasteiger partial charge in [0.05, 0.1) is 27.2 Å². The van der Waals surface area contributed by atoms with Crippen molar-refractivity contribution in [1.82, 2.24) is 15.1 Å². The summed E-state index contributed by atoms with van der Waals surface area (Å²) in [5, 5.41) is 8.18. The molecule has 0 aliphatic carbocycles. The number of methoxy groups -OCH3 is 2. The summed E-state index contributed by atoms with van der Waals surface area (Å²) in [6.45, 7) is 0.223. The average molecular weight is 444 g/mol. The van der Waals surface area contributed by atoms with Gasteiger partial charge >= 0.3 is 0 Å². The maximum Gasteiger partial charge on any atom is 0.247 e. The van der Waals surface area contributed by atoms with E-state index in [1.165, 1.54) is 0 Å². The fraction of sp³-hybridized carbons (Fsp3) is 0.192. The van der Waals surface area contributed by atoms with Gasteiger partial charge in [0, 0.05) is 12.6 Å². The summed E-state index contributed by atoms with van der Waals surface area (Å²) < 4.78 is 16.3. The highest BCUT2D eigenvalue weighted by atomic mass is 16.5. The molecule has 0 spiro atoms. The predicted octanol–water partition coefficient (Wildman–Crippen LogP) is 4.62. The first-order chi connectivity index (χ1) is 16.1. The Kier molecular flexibility index (Phi) is 6.69. The van der Waals surface area contributed by atoms with Crippen LogP contribution < -0.4 is 9.47 Å². The SMILES string of the molecule is COc1ccc(-c2nnc(CN(C)C(=O)Cc3ccc(-c4ccccc4)cc3)o2)cc1OC. The Hall–Kier alpha value is -4.13. The normalized spacial score (nSPS) is 10.6. The third-order valence-electron chi connectivity index (χ3n) is 5.31. The Morgan fingerprint density at radius 2 is 1.52 bits per heavy atom. The largest absolute Gasteiger partial charge is 0.493 e. The average Bonchev–Trinajstić information content (AvgIpc) is 3.33. The molecule has 0 N–H and O–H groups in total. The van der Waals surface area contributed by atoms with Gasteiger partial charge in [0.15, 0.2) is 11.5 Å². The number of amides is 1. The van der Waals surface area contributed by atoms with Crippen LogP contribution in [-0.4, -0.2) is 42.3 Å². The van der Waals surface area contributed by atoms with Crippen LogP contribution in [0.2, 0.25) is 0 Å². The van der Waals surface area contributed by atoms with Crippen LogP contribution >= 0.6 is 0 Å². The van der Waals surface area contributed by atoms with Crippen molar-refractivity contribution >= 4 is 5.91 Å². The minimum Gasteiger partial charge on any atom is -0.493 e. The lowest BCUT2D eigenvalue weighted by molar-refractivity contribution is -0.130. The van der Waals surface area contributed by atoms with E-state index >= 15 is 0 Å². The van der Waals surface area contributed by atoms with Crippen molar-refractivity contribution in [2.45, 2.75) is 13.0 Å². The third kappa shape index (κ3) is 5.20. The van der Waals surface area contributed by atoms with Gasteiger partial charge < -0.3 is 18.8 Å². The first kappa shape index (κ1) is 22.1. The molecule has 1 heterocycles. The molecule has 33 heavy (non-hydrogen) atoms. The Morgan fingerprint density at radius 3 is 2.21 bits per heavy atom. The molecule has 0 bridgehead atoms. The molecule has 0 aliphatic rings. The summed E-state index contributed by atoms with van der Waals surface area (Å²) >= 11 is 0. The molecule has 0 saturated carbocycles.